The van der Waals surface area contributed by atoms with Crippen LogP contribution >= 0.6 is 0 Å². The molecule has 176 valence electrons. The third-order valence-corrected chi connectivity index (χ3v) is 7.45. The van der Waals surface area contributed by atoms with Crippen LogP contribution in [0.4, 0.5) is 11.8 Å². The average molecular weight is 452 g/mol. The summed E-state index contributed by atoms with van der Waals surface area (Å²) in [6, 6.07) is 0.642. The molecule has 1 N–H and O–H groups in total. The number of hydrogen-bond acceptors (Lipinski definition) is 7. The number of Topliss-reactive ketones (excluding diaryl/α,β-unsaturated/α-hetero) is 1. The summed E-state index contributed by atoms with van der Waals surface area (Å²) in [5, 5.41) is 2.97. The normalized spacial score (nSPS) is 27.0. The molecule has 3 aliphatic heterocycles. The number of nitrogens with zero attached hydrogens (tertiary/aromatic N) is 4. The first-order valence-corrected chi connectivity index (χ1v) is 12.0. The fourth-order valence-corrected chi connectivity index (χ4v) is 5.59. The molecule has 1 aromatic heterocycles. The molecule has 8 heteroatoms. The highest BCUT2D eigenvalue weighted by atomic mass is 16.5. The standard InChI is InChI=1S/C25H33N5O3/c1-14-8-15(2)20(21(31)9-14)11-26-24(32)22-17(4)23(29-7-5-6-16(29)3)28-25(27-22)30-12-19-10-18(30)13-33-19/h8,16,18-19H,5-7,9-13H2,1-4H3,(H,26,32)/t16-,18-,19-/m0/s1. The Morgan fingerprint density at radius 1 is 1.24 bits per heavy atom. The largest absolute Gasteiger partial charge is 0.374 e. The Labute approximate surface area is 195 Å². The Hall–Kier alpha value is -2.74. The number of allylic oxidation sites excluding steroid dienone is 3. The van der Waals surface area contributed by atoms with Crippen LogP contribution in [-0.4, -0.2) is 66.1 Å². The molecule has 3 fully saturated rings. The summed E-state index contributed by atoms with van der Waals surface area (Å²) in [5.41, 5.74) is 3.83. The van der Waals surface area contributed by atoms with Crippen LogP contribution in [0.25, 0.3) is 0 Å². The first-order chi connectivity index (χ1) is 15.8. The Bertz CT molecular complexity index is 1060. The van der Waals surface area contributed by atoms with Crippen molar-refractivity contribution >= 4 is 23.5 Å². The van der Waals surface area contributed by atoms with Crippen LogP contribution in [0, 0.1) is 6.92 Å². The maximum atomic E-state index is 13.3. The van der Waals surface area contributed by atoms with E-state index in [1.54, 1.807) is 0 Å². The molecule has 0 unspecified atom stereocenters. The minimum Gasteiger partial charge on any atom is -0.374 e. The topological polar surface area (TPSA) is 87.7 Å². The number of hydrogen-bond donors (Lipinski definition) is 1. The second kappa shape index (κ2) is 8.56. The minimum atomic E-state index is -0.260. The van der Waals surface area contributed by atoms with Gasteiger partial charge in [0, 0.05) is 43.2 Å². The molecule has 0 spiro atoms. The van der Waals surface area contributed by atoms with Gasteiger partial charge < -0.3 is 19.9 Å². The van der Waals surface area contributed by atoms with Crippen LogP contribution in [0.1, 0.15) is 62.5 Å². The predicted octanol–water partition coefficient (Wildman–Crippen LogP) is 2.72. The summed E-state index contributed by atoms with van der Waals surface area (Å²) in [4.78, 5) is 40.1. The van der Waals surface area contributed by atoms with E-state index in [0.29, 0.717) is 36.3 Å². The summed E-state index contributed by atoms with van der Waals surface area (Å²) in [7, 11) is 0. The van der Waals surface area contributed by atoms with Crippen LogP contribution in [0.3, 0.4) is 0 Å². The summed E-state index contributed by atoms with van der Waals surface area (Å²) >= 11 is 0. The molecule has 1 aliphatic carbocycles. The van der Waals surface area contributed by atoms with E-state index in [1.807, 2.05) is 26.8 Å². The lowest BCUT2D eigenvalue weighted by molar-refractivity contribution is -0.115. The van der Waals surface area contributed by atoms with E-state index in [-0.39, 0.29) is 30.4 Å². The van der Waals surface area contributed by atoms with Gasteiger partial charge in [0.15, 0.2) is 5.78 Å². The van der Waals surface area contributed by atoms with Crippen molar-refractivity contribution in [1.82, 2.24) is 15.3 Å². The fraction of sp³-hybridized carbons (Fsp3) is 0.600. The van der Waals surface area contributed by atoms with E-state index in [2.05, 4.69) is 22.0 Å². The van der Waals surface area contributed by atoms with E-state index in [9.17, 15) is 9.59 Å². The van der Waals surface area contributed by atoms with E-state index in [4.69, 9.17) is 14.7 Å². The van der Waals surface area contributed by atoms with Crippen LogP contribution in [-0.2, 0) is 9.53 Å². The Morgan fingerprint density at radius 2 is 2.06 bits per heavy atom. The highest BCUT2D eigenvalue weighted by molar-refractivity contribution is 6.01. The number of carbonyl (C=O) groups is 2. The second-order valence-corrected chi connectivity index (χ2v) is 9.94. The van der Waals surface area contributed by atoms with Gasteiger partial charge in [-0.15, -0.1) is 0 Å². The third-order valence-electron chi connectivity index (χ3n) is 7.45. The lowest BCUT2D eigenvalue weighted by Gasteiger charge is -2.30. The first kappa shape index (κ1) is 22.1. The molecule has 3 atom stereocenters. The van der Waals surface area contributed by atoms with Gasteiger partial charge in [-0.3, -0.25) is 9.59 Å². The van der Waals surface area contributed by atoms with Crippen LogP contribution < -0.4 is 15.1 Å². The number of carbonyl (C=O) groups excluding carboxylic acids is 2. The Kier molecular flexibility index (Phi) is 5.72. The van der Waals surface area contributed by atoms with E-state index < -0.39 is 0 Å². The summed E-state index contributed by atoms with van der Waals surface area (Å²) in [6.45, 7) is 10.6. The molecule has 5 rings (SSSR count). The summed E-state index contributed by atoms with van der Waals surface area (Å²) < 4.78 is 5.76. The average Bonchev–Trinajstić information content (AvgIpc) is 3.50. The fourth-order valence-electron chi connectivity index (χ4n) is 5.59. The number of rotatable bonds is 5. The van der Waals surface area contributed by atoms with Crippen LogP contribution in [0.2, 0.25) is 0 Å². The molecule has 0 radical (unpaired) electrons. The zero-order chi connectivity index (χ0) is 23.3. The Balaban J connectivity index is 1.45. The lowest BCUT2D eigenvalue weighted by Crippen LogP contribution is -2.40. The molecule has 1 aromatic rings. The maximum absolute atomic E-state index is 13.3. The zero-order valence-electron chi connectivity index (χ0n) is 20.0. The Morgan fingerprint density at radius 3 is 2.70 bits per heavy atom. The number of amides is 1. The third kappa shape index (κ3) is 4.05. The molecule has 0 aromatic carbocycles. The van der Waals surface area contributed by atoms with Crippen molar-refractivity contribution in [2.24, 2.45) is 0 Å². The molecule has 1 amide bonds. The number of ether oxygens (including phenoxy) is 1. The van der Waals surface area contributed by atoms with Gasteiger partial charge in [0.2, 0.25) is 5.95 Å². The molecule has 4 heterocycles. The number of ketones is 1. The number of aromatic nitrogens is 2. The van der Waals surface area contributed by atoms with Gasteiger partial charge >= 0.3 is 0 Å². The molecule has 8 nitrogen and oxygen atoms in total. The molecule has 2 bridgehead atoms. The zero-order valence-corrected chi connectivity index (χ0v) is 20.0. The molecule has 0 saturated carbocycles. The second-order valence-electron chi connectivity index (χ2n) is 9.94. The first-order valence-electron chi connectivity index (χ1n) is 12.0. The van der Waals surface area contributed by atoms with Crippen molar-refractivity contribution in [2.75, 3.05) is 36.0 Å². The molecule has 4 aliphatic rings. The van der Waals surface area contributed by atoms with Crippen molar-refractivity contribution < 1.29 is 14.3 Å². The monoisotopic (exact) mass is 451 g/mol. The van der Waals surface area contributed by atoms with Crippen LogP contribution in [0.15, 0.2) is 22.8 Å². The van der Waals surface area contributed by atoms with Gasteiger partial charge in [-0.25, -0.2) is 4.98 Å². The highest BCUT2D eigenvalue weighted by Crippen LogP contribution is 2.34. The minimum absolute atomic E-state index is 0.0765. The van der Waals surface area contributed by atoms with Crippen molar-refractivity contribution in [2.45, 2.75) is 71.6 Å². The summed E-state index contributed by atoms with van der Waals surface area (Å²) in [5.74, 6) is 1.27. The smallest absolute Gasteiger partial charge is 0.270 e. The van der Waals surface area contributed by atoms with Crippen molar-refractivity contribution in [3.63, 3.8) is 0 Å². The molecular weight excluding hydrogens is 418 g/mol. The highest BCUT2D eigenvalue weighted by Gasteiger charge is 2.41. The van der Waals surface area contributed by atoms with Gasteiger partial charge in [-0.05, 0) is 52.5 Å². The van der Waals surface area contributed by atoms with Gasteiger partial charge in [0.25, 0.3) is 5.91 Å². The van der Waals surface area contributed by atoms with Crippen LogP contribution in [0.5, 0.6) is 0 Å². The molecular formula is C25H33N5O3. The van der Waals surface area contributed by atoms with E-state index in [1.165, 1.54) is 0 Å². The van der Waals surface area contributed by atoms with E-state index in [0.717, 1.165) is 54.9 Å². The molecule has 3 saturated heterocycles. The summed E-state index contributed by atoms with van der Waals surface area (Å²) in [6.07, 6.45) is 5.87. The number of morpholine rings is 1. The van der Waals surface area contributed by atoms with Crippen molar-refractivity contribution in [3.05, 3.63) is 34.1 Å². The quantitative estimate of drug-likeness (QED) is 0.736. The van der Waals surface area contributed by atoms with Gasteiger partial charge in [0.05, 0.1) is 18.8 Å². The van der Waals surface area contributed by atoms with E-state index >= 15 is 0 Å². The number of fused-ring (bicyclic) bond motifs is 2. The maximum Gasteiger partial charge on any atom is 0.270 e. The predicted molar refractivity (Wildman–Crippen MR) is 127 cm³/mol. The number of nitrogens with one attached hydrogen (secondary N) is 1. The lowest BCUT2D eigenvalue weighted by atomic mass is 9.92. The van der Waals surface area contributed by atoms with Gasteiger partial charge in [0.1, 0.15) is 11.5 Å². The number of anilines is 2. The molecule has 33 heavy (non-hydrogen) atoms. The van der Waals surface area contributed by atoms with Gasteiger partial charge in [-0.1, -0.05) is 11.6 Å². The SMILES string of the molecule is CC1=CC(C)=C(CNC(=O)c2nc(N3C[C@@H]4C[C@H]3CO4)nc(N3CCC[C@@H]3C)c2C)C(=O)C1. The van der Waals surface area contributed by atoms with Gasteiger partial charge in [-0.2, -0.15) is 4.98 Å². The van der Waals surface area contributed by atoms with Crippen molar-refractivity contribution in [3.8, 4) is 0 Å². The van der Waals surface area contributed by atoms with Crippen molar-refractivity contribution in [1.29, 1.82) is 0 Å².